The summed E-state index contributed by atoms with van der Waals surface area (Å²) in [5.74, 6) is 1.34. The van der Waals surface area contributed by atoms with Gasteiger partial charge in [0, 0.05) is 72.0 Å². The first-order chi connectivity index (χ1) is 4.42. The van der Waals surface area contributed by atoms with E-state index < -0.39 is 0 Å². The maximum atomic E-state index is 5.42. The Morgan fingerprint density at radius 2 is 1.50 bits per heavy atom. The SMILES string of the molecule is C[C-](C)COCC(C)(C)C.[Y].[Y]. The van der Waals surface area contributed by atoms with Crippen molar-refractivity contribution < 1.29 is 70.2 Å². The van der Waals surface area contributed by atoms with Crippen LogP contribution < -0.4 is 0 Å². The molecular formula is C9H19OY2-. The zero-order chi connectivity index (χ0) is 8.20. The normalized spacial score (nSPS) is 10.5. The van der Waals surface area contributed by atoms with Crippen molar-refractivity contribution in [2.45, 2.75) is 34.6 Å². The molecule has 0 heterocycles. The summed E-state index contributed by atoms with van der Waals surface area (Å²) in [5.41, 5.74) is 0.301. The predicted molar refractivity (Wildman–Crippen MR) is 44.9 cm³/mol. The fourth-order valence-corrected chi connectivity index (χ4v) is 0.561. The van der Waals surface area contributed by atoms with Crippen LogP contribution in [0.15, 0.2) is 0 Å². The fraction of sp³-hybridized carbons (Fsp3) is 0.889. The molecule has 0 aromatic carbocycles. The number of rotatable bonds is 3. The molecule has 0 aliphatic carbocycles. The number of hydrogen-bond donors (Lipinski definition) is 0. The summed E-state index contributed by atoms with van der Waals surface area (Å²) in [4.78, 5) is 0. The van der Waals surface area contributed by atoms with Crippen molar-refractivity contribution in [2.75, 3.05) is 13.2 Å². The Balaban J connectivity index is -0.000000405. The van der Waals surface area contributed by atoms with Crippen LogP contribution in [0.25, 0.3) is 0 Å². The third kappa shape index (κ3) is 18.1. The third-order valence-electron chi connectivity index (χ3n) is 0.926. The van der Waals surface area contributed by atoms with Crippen molar-refractivity contribution >= 4 is 0 Å². The van der Waals surface area contributed by atoms with Crippen molar-refractivity contribution in [2.24, 2.45) is 5.41 Å². The minimum absolute atomic E-state index is 0. The minimum Gasteiger partial charge on any atom is -0.412 e. The molecule has 2 radical (unpaired) electrons. The molecule has 0 saturated heterocycles. The second-order valence-corrected chi connectivity index (χ2v) is 4.26. The van der Waals surface area contributed by atoms with Crippen LogP contribution in [0.5, 0.6) is 0 Å². The van der Waals surface area contributed by atoms with Gasteiger partial charge in [0.05, 0.1) is 0 Å². The van der Waals surface area contributed by atoms with E-state index in [1.165, 1.54) is 5.92 Å². The molecule has 0 bridgehead atoms. The number of hydrogen-bond acceptors (Lipinski definition) is 1. The second-order valence-electron chi connectivity index (χ2n) is 4.26. The van der Waals surface area contributed by atoms with Crippen LogP contribution in [0.4, 0.5) is 0 Å². The van der Waals surface area contributed by atoms with Crippen molar-refractivity contribution in [1.82, 2.24) is 0 Å². The van der Waals surface area contributed by atoms with Gasteiger partial charge in [-0.3, -0.25) is 5.92 Å². The summed E-state index contributed by atoms with van der Waals surface area (Å²) < 4.78 is 5.42. The third-order valence-corrected chi connectivity index (χ3v) is 0.926. The van der Waals surface area contributed by atoms with E-state index in [-0.39, 0.29) is 65.4 Å². The predicted octanol–water partition coefficient (Wildman–Crippen LogP) is 2.66. The van der Waals surface area contributed by atoms with E-state index in [1.807, 2.05) is 0 Å². The monoisotopic (exact) mass is 321 g/mol. The molecule has 68 valence electrons. The van der Waals surface area contributed by atoms with E-state index >= 15 is 0 Å². The van der Waals surface area contributed by atoms with Gasteiger partial charge in [-0.2, -0.15) is 13.8 Å². The largest absolute Gasteiger partial charge is 0.412 e. The van der Waals surface area contributed by atoms with Crippen LogP contribution >= 0.6 is 0 Å². The van der Waals surface area contributed by atoms with E-state index in [4.69, 9.17) is 4.74 Å². The van der Waals surface area contributed by atoms with Gasteiger partial charge in [0.2, 0.25) is 0 Å². The van der Waals surface area contributed by atoms with Crippen LogP contribution in [0.2, 0.25) is 0 Å². The van der Waals surface area contributed by atoms with Crippen LogP contribution in [-0.2, 0) is 70.2 Å². The molecule has 1 nitrogen and oxygen atoms in total. The van der Waals surface area contributed by atoms with Gasteiger partial charge >= 0.3 is 0 Å². The number of ether oxygens (including phenoxy) is 1. The Kier molecular flexibility index (Phi) is 15.9. The molecule has 0 amide bonds. The first kappa shape index (κ1) is 19.7. The van der Waals surface area contributed by atoms with Crippen molar-refractivity contribution in [3.8, 4) is 0 Å². The molecule has 0 atom stereocenters. The van der Waals surface area contributed by atoms with Crippen LogP contribution in [0.3, 0.4) is 0 Å². The molecule has 0 spiro atoms. The summed E-state index contributed by atoms with van der Waals surface area (Å²) in [6, 6.07) is 0. The van der Waals surface area contributed by atoms with Gasteiger partial charge < -0.3 is 4.74 Å². The van der Waals surface area contributed by atoms with Gasteiger partial charge in [0.15, 0.2) is 0 Å². The summed E-state index contributed by atoms with van der Waals surface area (Å²) in [6.07, 6.45) is 0. The smallest absolute Gasteiger partial charge is 0.0479 e. The topological polar surface area (TPSA) is 9.23 Å². The molecule has 0 unspecified atom stereocenters. The summed E-state index contributed by atoms with van der Waals surface area (Å²) >= 11 is 0. The molecule has 0 aromatic heterocycles. The van der Waals surface area contributed by atoms with E-state index in [2.05, 4.69) is 34.6 Å². The zero-order valence-electron chi connectivity index (χ0n) is 8.98. The van der Waals surface area contributed by atoms with Gasteiger partial charge in [0.25, 0.3) is 0 Å². The summed E-state index contributed by atoms with van der Waals surface area (Å²) in [7, 11) is 0. The van der Waals surface area contributed by atoms with Crippen LogP contribution in [0, 0.1) is 11.3 Å². The summed E-state index contributed by atoms with van der Waals surface area (Å²) in [5, 5.41) is 0. The van der Waals surface area contributed by atoms with E-state index in [0.717, 1.165) is 13.2 Å². The molecule has 0 aliphatic rings. The molecular weight excluding hydrogens is 302 g/mol. The average Bonchev–Trinajstić information content (AvgIpc) is 1.59. The van der Waals surface area contributed by atoms with Gasteiger partial charge in [-0.05, 0) is 5.41 Å². The van der Waals surface area contributed by atoms with E-state index in [0.29, 0.717) is 5.41 Å². The van der Waals surface area contributed by atoms with Gasteiger partial charge in [-0.15, -0.1) is 0 Å². The molecule has 0 fully saturated rings. The zero-order valence-corrected chi connectivity index (χ0v) is 14.7. The molecule has 3 heteroatoms. The quantitative estimate of drug-likeness (QED) is 0.726. The van der Waals surface area contributed by atoms with Crippen molar-refractivity contribution in [1.29, 1.82) is 0 Å². The van der Waals surface area contributed by atoms with Crippen LogP contribution in [0.1, 0.15) is 34.6 Å². The Morgan fingerprint density at radius 1 is 1.08 bits per heavy atom. The van der Waals surface area contributed by atoms with Crippen LogP contribution in [-0.4, -0.2) is 13.2 Å². The first-order valence-electron chi connectivity index (χ1n) is 3.78. The van der Waals surface area contributed by atoms with Gasteiger partial charge in [0.1, 0.15) is 0 Å². The average molecular weight is 321 g/mol. The Labute approximate surface area is 128 Å². The molecule has 0 N–H and O–H groups in total. The molecule has 0 aliphatic heterocycles. The van der Waals surface area contributed by atoms with Crippen molar-refractivity contribution in [3.63, 3.8) is 0 Å². The Bertz CT molecular complexity index is 87.0. The van der Waals surface area contributed by atoms with E-state index in [1.54, 1.807) is 0 Å². The van der Waals surface area contributed by atoms with E-state index in [9.17, 15) is 0 Å². The fourth-order valence-electron chi connectivity index (χ4n) is 0.561. The molecule has 12 heavy (non-hydrogen) atoms. The molecule has 0 saturated carbocycles. The second kappa shape index (κ2) is 9.71. The maximum Gasteiger partial charge on any atom is 0.0479 e. The Hall–Kier alpha value is 2.17. The minimum atomic E-state index is 0. The molecule has 0 aromatic rings. The standard InChI is InChI=1S/C9H19O.2Y/c1-8(2)6-10-7-9(3,4)5;;/h6-7H2,1-5H3;;/q-1;;. The van der Waals surface area contributed by atoms with Gasteiger partial charge in [-0.1, -0.05) is 27.4 Å². The maximum absolute atomic E-state index is 5.42. The first-order valence-corrected chi connectivity index (χ1v) is 3.78. The Morgan fingerprint density at radius 3 is 1.75 bits per heavy atom. The molecule has 0 rings (SSSR count). The summed E-state index contributed by atoms with van der Waals surface area (Å²) in [6.45, 7) is 12.4. The van der Waals surface area contributed by atoms with Crippen molar-refractivity contribution in [3.05, 3.63) is 5.92 Å². The van der Waals surface area contributed by atoms with Gasteiger partial charge in [-0.25, -0.2) is 0 Å².